The van der Waals surface area contributed by atoms with E-state index in [2.05, 4.69) is 24.3 Å². The molecule has 0 bridgehead atoms. The van der Waals surface area contributed by atoms with Gasteiger partial charge in [-0.1, -0.05) is 60.7 Å². The van der Waals surface area contributed by atoms with Crippen molar-refractivity contribution in [3.05, 3.63) is 71.8 Å². The van der Waals surface area contributed by atoms with Crippen molar-refractivity contribution in [2.45, 2.75) is 17.7 Å². The average molecular weight is 279 g/mol. The van der Waals surface area contributed by atoms with Crippen LogP contribution in [0.4, 0.5) is 0 Å². The number of hydrogen-bond acceptors (Lipinski definition) is 0. The molecule has 0 amide bonds. The van der Waals surface area contributed by atoms with Crippen LogP contribution in [0.25, 0.3) is 0 Å². The molecule has 2 aromatic carbocycles. The second-order valence-corrected chi connectivity index (χ2v) is 5.35. The van der Waals surface area contributed by atoms with E-state index in [-0.39, 0.29) is 0 Å². The van der Waals surface area contributed by atoms with Crippen LogP contribution in [0.15, 0.2) is 60.7 Å². The Morgan fingerprint density at radius 2 is 1.22 bits per heavy atom. The zero-order valence-corrected chi connectivity index (χ0v) is 11.7. The van der Waals surface area contributed by atoms with E-state index >= 15 is 0 Å². The minimum absolute atomic E-state index is 0.475. The van der Waals surface area contributed by atoms with Crippen LogP contribution in [0.5, 0.6) is 0 Å². The average Bonchev–Trinajstić information content (AvgIpc) is 2.46. The van der Waals surface area contributed by atoms with Gasteiger partial charge in [0, 0.05) is 5.88 Å². The van der Waals surface area contributed by atoms with Crippen molar-refractivity contribution in [2.75, 3.05) is 5.88 Å². The third kappa shape index (κ3) is 2.88. The van der Waals surface area contributed by atoms with Crippen LogP contribution >= 0.6 is 23.2 Å². The Morgan fingerprint density at radius 3 is 1.61 bits per heavy atom. The molecule has 94 valence electrons. The molecule has 0 fully saturated rings. The summed E-state index contributed by atoms with van der Waals surface area (Å²) in [6.07, 6.45) is 1.74. The van der Waals surface area contributed by atoms with E-state index in [0.29, 0.717) is 5.88 Å². The summed E-state index contributed by atoms with van der Waals surface area (Å²) in [6, 6.07) is 20.4. The van der Waals surface area contributed by atoms with E-state index in [4.69, 9.17) is 23.2 Å². The van der Waals surface area contributed by atoms with Crippen molar-refractivity contribution in [1.29, 1.82) is 0 Å². The van der Waals surface area contributed by atoms with E-state index in [1.807, 2.05) is 36.4 Å². The highest BCUT2D eigenvalue weighted by Gasteiger charge is 2.30. The lowest BCUT2D eigenvalue weighted by Gasteiger charge is -2.28. The molecule has 0 N–H and O–H groups in total. The normalized spacial score (nSPS) is 11.4. The van der Waals surface area contributed by atoms with Crippen LogP contribution in [-0.2, 0) is 4.87 Å². The molecular weight excluding hydrogens is 263 g/mol. The molecule has 0 nitrogen and oxygen atoms in total. The predicted molar refractivity (Wildman–Crippen MR) is 79.5 cm³/mol. The van der Waals surface area contributed by atoms with E-state index in [1.54, 1.807) is 0 Å². The highest BCUT2D eigenvalue weighted by molar-refractivity contribution is 6.26. The van der Waals surface area contributed by atoms with Crippen LogP contribution < -0.4 is 0 Å². The van der Waals surface area contributed by atoms with Gasteiger partial charge in [0.15, 0.2) is 0 Å². The fraction of sp³-hybridized carbons (Fsp3) is 0.250. The summed E-state index contributed by atoms with van der Waals surface area (Å²) < 4.78 is 0. The fourth-order valence-corrected chi connectivity index (χ4v) is 2.69. The standard InChI is InChI=1S/C16H16Cl2/c17-13-7-12-16(18,14-8-3-1-4-9-14)15-10-5-2-6-11-15/h1-6,8-11H,7,12-13H2. The molecule has 18 heavy (non-hydrogen) atoms. The van der Waals surface area contributed by atoms with Gasteiger partial charge in [-0.3, -0.25) is 0 Å². The smallest absolute Gasteiger partial charge is 0.0944 e. The number of rotatable bonds is 5. The number of halogens is 2. The van der Waals surface area contributed by atoms with Gasteiger partial charge in [0.25, 0.3) is 0 Å². The van der Waals surface area contributed by atoms with E-state index in [1.165, 1.54) is 0 Å². The van der Waals surface area contributed by atoms with Crippen molar-refractivity contribution >= 4 is 23.2 Å². The molecule has 0 spiro atoms. The summed E-state index contributed by atoms with van der Waals surface area (Å²) in [7, 11) is 0. The molecule has 0 saturated carbocycles. The molecule has 2 rings (SSSR count). The summed E-state index contributed by atoms with van der Waals surface area (Å²) in [6.45, 7) is 0. The van der Waals surface area contributed by atoms with Crippen LogP contribution in [-0.4, -0.2) is 5.88 Å². The lowest BCUT2D eigenvalue weighted by atomic mass is 9.87. The van der Waals surface area contributed by atoms with Crippen LogP contribution in [0.1, 0.15) is 24.0 Å². The predicted octanol–water partition coefficient (Wildman–Crippen LogP) is 5.19. The first-order chi connectivity index (χ1) is 8.77. The molecule has 2 aromatic rings. The highest BCUT2D eigenvalue weighted by Crippen LogP contribution is 2.40. The number of benzene rings is 2. The third-order valence-corrected chi connectivity index (χ3v) is 4.01. The molecule has 0 radical (unpaired) electrons. The van der Waals surface area contributed by atoms with Crippen LogP contribution in [0.3, 0.4) is 0 Å². The minimum Gasteiger partial charge on any atom is -0.127 e. The van der Waals surface area contributed by atoms with Gasteiger partial charge in [0.1, 0.15) is 0 Å². The lowest BCUT2D eigenvalue weighted by molar-refractivity contribution is 0.636. The van der Waals surface area contributed by atoms with Gasteiger partial charge < -0.3 is 0 Å². The van der Waals surface area contributed by atoms with Gasteiger partial charge in [0.2, 0.25) is 0 Å². The van der Waals surface area contributed by atoms with Gasteiger partial charge in [-0.05, 0) is 24.0 Å². The van der Waals surface area contributed by atoms with E-state index < -0.39 is 4.87 Å². The van der Waals surface area contributed by atoms with Crippen LogP contribution in [0, 0.1) is 0 Å². The van der Waals surface area contributed by atoms with Crippen molar-refractivity contribution < 1.29 is 0 Å². The van der Waals surface area contributed by atoms with Gasteiger partial charge in [-0.25, -0.2) is 0 Å². The zero-order valence-electron chi connectivity index (χ0n) is 10.2. The molecule has 0 aliphatic carbocycles. The second-order valence-electron chi connectivity index (χ2n) is 4.33. The Balaban J connectivity index is 2.41. The van der Waals surface area contributed by atoms with E-state index in [0.717, 1.165) is 24.0 Å². The quantitative estimate of drug-likeness (QED) is 0.661. The van der Waals surface area contributed by atoms with Crippen molar-refractivity contribution in [3.8, 4) is 0 Å². The molecule has 0 aromatic heterocycles. The Morgan fingerprint density at radius 1 is 0.778 bits per heavy atom. The molecule has 0 unspecified atom stereocenters. The molecule has 2 heteroatoms. The summed E-state index contributed by atoms with van der Waals surface area (Å²) in [5, 5.41) is 0. The Labute approximate surface area is 119 Å². The molecule has 0 atom stereocenters. The van der Waals surface area contributed by atoms with Gasteiger partial charge in [0.05, 0.1) is 4.87 Å². The summed E-state index contributed by atoms with van der Waals surface area (Å²) in [4.78, 5) is -0.475. The van der Waals surface area contributed by atoms with Crippen molar-refractivity contribution in [1.82, 2.24) is 0 Å². The van der Waals surface area contributed by atoms with Crippen molar-refractivity contribution in [3.63, 3.8) is 0 Å². The first kappa shape index (κ1) is 13.5. The van der Waals surface area contributed by atoms with Gasteiger partial charge in [-0.2, -0.15) is 0 Å². The SMILES string of the molecule is ClCCCC(Cl)(c1ccccc1)c1ccccc1. The Hall–Kier alpha value is -0.980. The maximum absolute atomic E-state index is 6.91. The third-order valence-electron chi connectivity index (χ3n) is 3.12. The first-order valence-corrected chi connectivity index (χ1v) is 7.04. The molecule has 0 saturated heterocycles. The number of hydrogen-bond donors (Lipinski definition) is 0. The number of alkyl halides is 2. The van der Waals surface area contributed by atoms with Gasteiger partial charge >= 0.3 is 0 Å². The van der Waals surface area contributed by atoms with Crippen LogP contribution in [0.2, 0.25) is 0 Å². The maximum atomic E-state index is 6.91. The molecular formula is C16H16Cl2. The monoisotopic (exact) mass is 278 g/mol. The highest BCUT2D eigenvalue weighted by atomic mass is 35.5. The topological polar surface area (TPSA) is 0 Å². The molecule has 0 aliphatic heterocycles. The molecule has 0 aliphatic rings. The summed E-state index contributed by atoms with van der Waals surface area (Å²) >= 11 is 12.7. The zero-order chi connectivity index (χ0) is 12.8. The summed E-state index contributed by atoms with van der Waals surface area (Å²) in [5.41, 5.74) is 2.26. The summed E-state index contributed by atoms with van der Waals surface area (Å²) in [5.74, 6) is 0.633. The largest absolute Gasteiger partial charge is 0.127 e. The van der Waals surface area contributed by atoms with Crippen molar-refractivity contribution in [2.24, 2.45) is 0 Å². The molecule has 0 heterocycles. The fourth-order valence-electron chi connectivity index (χ4n) is 2.17. The Bertz CT molecular complexity index is 425. The maximum Gasteiger partial charge on any atom is 0.0944 e. The Kier molecular flexibility index (Phi) is 4.68. The minimum atomic E-state index is -0.475. The van der Waals surface area contributed by atoms with E-state index in [9.17, 15) is 0 Å². The second kappa shape index (κ2) is 6.26. The lowest BCUT2D eigenvalue weighted by Crippen LogP contribution is -2.20. The van der Waals surface area contributed by atoms with Gasteiger partial charge in [-0.15, -0.1) is 23.2 Å². The first-order valence-electron chi connectivity index (χ1n) is 6.13.